The van der Waals surface area contributed by atoms with Crippen molar-refractivity contribution < 1.29 is 23.8 Å². The lowest BCUT2D eigenvalue weighted by Gasteiger charge is -2.36. The van der Waals surface area contributed by atoms with Gasteiger partial charge in [-0.3, -0.25) is 9.59 Å². The maximum Gasteiger partial charge on any atom is 0.286 e. The van der Waals surface area contributed by atoms with E-state index >= 15 is 0 Å². The van der Waals surface area contributed by atoms with E-state index in [0.717, 1.165) is 0 Å². The Bertz CT molecular complexity index is 1020. The predicted octanol–water partition coefficient (Wildman–Crippen LogP) is 2.29. The lowest BCUT2D eigenvalue weighted by Crippen LogP contribution is -2.40. The fourth-order valence-corrected chi connectivity index (χ4v) is 3.66. The summed E-state index contributed by atoms with van der Waals surface area (Å²) < 4.78 is 17.3. The molecule has 158 valence electrons. The minimum atomic E-state index is -0.756. The zero-order valence-electron chi connectivity index (χ0n) is 16.8. The number of terminal acetylenes is 1. The Morgan fingerprint density at radius 2 is 2.17 bits per heavy atom. The van der Waals surface area contributed by atoms with E-state index in [4.69, 9.17) is 20.3 Å². The van der Waals surface area contributed by atoms with Gasteiger partial charge in [0.15, 0.2) is 11.2 Å². The number of benzene rings is 1. The van der Waals surface area contributed by atoms with E-state index in [1.807, 2.05) is 6.92 Å². The molecule has 2 N–H and O–H groups in total. The van der Waals surface area contributed by atoms with Crippen molar-refractivity contribution in [3.05, 3.63) is 58.2 Å². The van der Waals surface area contributed by atoms with Crippen molar-refractivity contribution in [1.82, 2.24) is 5.32 Å². The maximum absolute atomic E-state index is 13.2. The molecule has 0 bridgehead atoms. The van der Waals surface area contributed by atoms with E-state index in [9.17, 15) is 14.7 Å². The van der Waals surface area contributed by atoms with Crippen molar-refractivity contribution in [2.45, 2.75) is 32.0 Å². The molecule has 7 nitrogen and oxygen atoms in total. The van der Waals surface area contributed by atoms with Crippen LogP contribution in [-0.4, -0.2) is 37.1 Å². The van der Waals surface area contributed by atoms with Crippen LogP contribution < -0.4 is 10.7 Å². The highest BCUT2D eigenvalue weighted by Crippen LogP contribution is 2.38. The molecule has 0 spiro atoms. The molecule has 1 amide bonds. The van der Waals surface area contributed by atoms with E-state index in [1.54, 1.807) is 30.3 Å². The number of para-hydroxylation sites is 1. The smallest absolute Gasteiger partial charge is 0.286 e. The lowest BCUT2D eigenvalue weighted by atomic mass is 9.81. The van der Waals surface area contributed by atoms with Crippen molar-refractivity contribution in [3.8, 4) is 12.3 Å². The van der Waals surface area contributed by atoms with Crippen LogP contribution in [0.1, 0.15) is 31.2 Å². The summed E-state index contributed by atoms with van der Waals surface area (Å²) in [6.07, 6.45) is 8.55. The fourth-order valence-electron chi connectivity index (χ4n) is 3.66. The number of hydrogen-bond acceptors (Lipinski definition) is 6. The van der Waals surface area contributed by atoms with Gasteiger partial charge in [0.1, 0.15) is 5.58 Å². The van der Waals surface area contributed by atoms with Crippen molar-refractivity contribution in [3.63, 3.8) is 0 Å². The van der Waals surface area contributed by atoms with Crippen LogP contribution in [0.25, 0.3) is 11.0 Å². The predicted molar refractivity (Wildman–Crippen MR) is 111 cm³/mol. The first kappa shape index (κ1) is 21.6. The van der Waals surface area contributed by atoms with Crippen molar-refractivity contribution >= 4 is 16.9 Å². The average Bonchev–Trinajstić information content (AvgIpc) is 2.77. The molecule has 7 heteroatoms. The molecule has 1 aliphatic heterocycles. The summed E-state index contributed by atoms with van der Waals surface area (Å²) in [6, 6.07) is 7.00. The van der Waals surface area contributed by atoms with E-state index in [0.29, 0.717) is 36.0 Å². The highest BCUT2D eigenvalue weighted by atomic mass is 16.7. The number of nitrogens with one attached hydrogen (secondary N) is 1. The quantitative estimate of drug-likeness (QED) is 0.647. The van der Waals surface area contributed by atoms with Crippen LogP contribution in [0, 0.1) is 18.3 Å². The van der Waals surface area contributed by atoms with Gasteiger partial charge in [-0.25, -0.2) is 0 Å². The Balaban J connectivity index is 2.09. The third kappa shape index (κ3) is 4.56. The topological polar surface area (TPSA) is 98.0 Å². The highest BCUT2D eigenvalue weighted by Gasteiger charge is 2.39. The summed E-state index contributed by atoms with van der Waals surface area (Å²) in [7, 11) is 0. The number of ether oxygens (including phenoxy) is 2. The largest absolute Gasteiger partial charge is 0.464 e. The van der Waals surface area contributed by atoms with Gasteiger partial charge >= 0.3 is 0 Å². The second-order valence-corrected chi connectivity index (χ2v) is 6.93. The monoisotopic (exact) mass is 411 g/mol. The first-order valence-corrected chi connectivity index (χ1v) is 9.93. The number of fused-ring (bicyclic) bond motifs is 1. The Labute approximate surface area is 174 Å². The van der Waals surface area contributed by atoms with Gasteiger partial charge in [-0.05, 0) is 38.0 Å². The summed E-state index contributed by atoms with van der Waals surface area (Å²) in [5.41, 5.74) is 0.724. The van der Waals surface area contributed by atoms with Crippen LogP contribution in [0.2, 0.25) is 0 Å². The van der Waals surface area contributed by atoms with Crippen LogP contribution >= 0.6 is 0 Å². The first-order chi connectivity index (χ1) is 14.6. The second kappa shape index (κ2) is 10.1. The molecule has 1 aromatic carbocycles. The molecule has 0 saturated carbocycles. The van der Waals surface area contributed by atoms with Crippen LogP contribution in [0.5, 0.6) is 0 Å². The van der Waals surface area contributed by atoms with Crippen molar-refractivity contribution in [2.24, 2.45) is 5.92 Å². The number of carbonyl (C=O) groups excluding carboxylic acids is 1. The molecule has 0 saturated heterocycles. The fraction of sp³-hybridized carbons (Fsp3) is 0.391. The Morgan fingerprint density at radius 3 is 2.90 bits per heavy atom. The lowest BCUT2D eigenvalue weighted by molar-refractivity contribution is -0.166. The third-order valence-corrected chi connectivity index (χ3v) is 5.05. The molecule has 0 unspecified atom stereocenters. The van der Waals surface area contributed by atoms with Gasteiger partial charge in [0, 0.05) is 30.6 Å². The number of amides is 1. The molecule has 1 aromatic heterocycles. The van der Waals surface area contributed by atoms with Crippen LogP contribution in [0.3, 0.4) is 0 Å². The van der Waals surface area contributed by atoms with Crippen molar-refractivity contribution in [2.75, 3.05) is 19.8 Å². The number of aliphatic hydroxyl groups excluding tert-OH is 1. The SMILES string of the molecule is C#CCNC(=O)C1=C[C@@H](c2coc3ccccc3c2=O)[C@H](CCCO)[C@@H](OCC)O1. The van der Waals surface area contributed by atoms with Gasteiger partial charge in [-0.2, -0.15) is 0 Å². The van der Waals surface area contributed by atoms with Crippen LogP contribution in [0.4, 0.5) is 0 Å². The number of aliphatic hydroxyl groups is 1. The first-order valence-electron chi connectivity index (χ1n) is 9.93. The molecule has 1 aliphatic rings. The van der Waals surface area contributed by atoms with Gasteiger partial charge in [0.25, 0.3) is 5.91 Å². The zero-order chi connectivity index (χ0) is 21.5. The molecular formula is C23H25NO6. The maximum atomic E-state index is 13.2. The minimum Gasteiger partial charge on any atom is -0.464 e. The van der Waals surface area contributed by atoms with Gasteiger partial charge < -0.3 is 24.3 Å². The van der Waals surface area contributed by atoms with Crippen molar-refractivity contribution in [1.29, 1.82) is 0 Å². The van der Waals surface area contributed by atoms with E-state index in [-0.39, 0.29) is 30.3 Å². The van der Waals surface area contributed by atoms with E-state index in [2.05, 4.69) is 11.2 Å². The Morgan fingerprint density at radius 1 is 1.37 bits per heavy atom. The molecule has 3 atom stereocenters. The highest BCUT2D eigenvalue weighted by molar-refractivity contribution is 5.92. The standard InChI is InChI=1S/C23H25NO6/c1-3-11-24-22(27)20-13-17(15(9-7-12-25)23(30-20)28-4-2)18-14-29-19-10-6-5-8-16(19)21(18)26/h1,5-6,8,10,13-15,17,23,25H,4,7,9,11-12H2,2H3,(H,24,27)/t15-,17+,23-/m0/s1. The van der Waals surface area contributed by atoms with Gasteiger partial charge in [-0.15, -0.1) is 6.42 Å². The molecule has 0 aliphatic carbocycles. The average molecular weight is 411 g/mol. The molecule has 30 heavy (non-hydrogen) atoms. The Hall–Kier alpha value is -3.08. The summed E-state index contributed by atoms with van der Waals surface area (Å²) in [4.78, 5) is 25.7. The number of hydrogen-bond donors (Lipinski definition) is 2. The third-order valence-electron chi connectivity index (χ3n) is 5.05. The second-order valence-electron chi connectivity index (χ2n) is 6.93. The minimum absolute atomic E-state index is 0.00633. The summed E-state index contributed by atoms with van der Waals surface area (Å²) in [5, 5.41) is 12.4. The normalized spacial score (nSPS) is 20.8. The summed E-state index contributed by atoms with van der Waals surface area (Å²) in [6.45, 7) is 2.23. The molecular weight excluding hydrogens is 386 g/mol. The van der Waals surface area contributed by atoms with Gasteiger partial charge in [-0.1, -0.05) is 18.1 Å². The molecule has 0 fully saturated rings. The van der Waals surface area contributed by atoms with Crippen LogP contribution in [-0.2, 0) is 14.3 Å². The summed E-state index contributed by atoms with van der Waals surface area (Å²) >= 11 is 0. The molecule has 2 heterocycles. The molecule has 2 aromatic rings. The van der Waals surface area contributed by atoms with Gasteiger partial charge in [0.2, 0.25) is 6.29 Å². The Kier molecular flexibility index (Phi) is 7.28. The molecule has 0 radical (unpaired) electrons. The summed E-state index contributed by atoms with van der Waals surface area (Å²) in [5.74, 6) is 1.13. The van der Waals surface area contributed by atoms with E-state index < -0.39 is 18.1 Å². The zero-order valence-corrected chi connectivity index (χ0v) is 16.8. The number of rotatable bonds is 8. The van der Waals surface area contributed by atoms with Gasteiger partial charge in [0.05, 0.1) is 18.2 Å². The number of carbonyl (C=O) groups is 1. The van der Waals surface area contributed by atoms with Crippen LogP contribution in [0.15, 0.2) is 51.6 Å². The van der Waals surface area contributed by atoms with E-state index in [1.165, 1.54) is 6.26 Å². The molecule has 3 rings (SSSR count). The number of allylic oxidation sites excluding steroid dienone is 1.